The summed E-state index contributed by atoms with van der Waals surface area (Å²) < 4.78 is 37.7. The van der Waals surface area contributed by atoms with Gasteiger partial charge in [0, 0.05) is 23.2 Å². The number of benzene rings is 1. The van der Waals surface area contributed by atoms with E-state index in [4.69, 9.17) is 11.6 Å². The number of nitrogens with one attached hydrogen (secondary N) is 1. The number of likely N-dealkylation sites (N-methyl/N-ethyl adjacent to an activating group) is 1. The molecule has 0 bridgehead atoms. The number of sulfone groups is 1. The van der Waals surface area contributed by atoms with Gasteiger partial charge in [-0.05, 0) is 51.5 Å². The van der Waals surface area contributed by atoms with Crippen LogP contribution in [0, 0.1) is 5.82 Å². The summed E-state index contributed by atoms with van der Waals surface area (Å²) in [6.45, 7) is 2.05. The van der Waals surface area contributed by atoms with E-state index in [9.17, 15) is 17.6 Å². The summed E-state index contributed by atoms with van der Waals surface area (Å²) in [7, 11) is -1.23. The smallest absolute Gasteiger partial charge is 0.234 e. The lowest BCUT2D eigenvalue weighted by atomic mass is 10.0. The van der Waals surface area contributed by atoms with Gasteiger partial charge in [-0.25, -0.2) is 12.8 Å². The monoisotopic (exact) mass is 431 g/mol. The zero-order valence-corrected chi connectivity index (χ0v) is 17.6. The molecule has 1 aromatic rings. The van der Waals surface area contributed by atoms with Crippen LogP contribution in [0.15, 0.2) is 18.2 Å². The van der Waals surface area contributed by atoms with Gasteiger partial charge in [0.05, 0.1) is 24.1 Å². The standard InChI is InChI=1S/C19H27ClFN3O3S/c1-23(14-7-10-28(26,27)13-14)12-18(25)22-11-17(24-8-2-3-9-24)19-15(20)5-4-6-16(19)21/h4-6,14,17H,2-3,7-13H2,1H3,(H,22,25)/t14-,17-/m0/s1. The molecule has 28 heavy (non-hydrogen) atoms. The first-order valence-corrected chi connectivity index (χ1v) is 11.8. The van der Waals surface area contributed by atoms with E-state index in [-0.39, 0.29) is 48.4 Å². The number of likely N-dealkylation sites (tertiary alicyclic amines) is 1. The fraction of sp³-hybridized carbons (Fsp3) is 0.632. The maximum Gasteiger partial charge on any atom is 0.234 e. The molecule has 6 nitrogen and oxygen atoms in total. The van der Waals surface area contributed by atoms with Gasteiger partial charge in [-0.3, -0.25) is 14.6 Å². The van der Waals surface area contributed by atoms with E-state index in [1.54, 1.807) is 24.1 Å². The number of carbonyl (C=O) groups excluding carboxylic acids is 1. The Morgan fingerprint density at radius 3 is 2.71 bits per heavy atom. The maximum atomic E-state index is 14.5. The molecule has 0 aromatic heterocycles. The number of rotatable bonds is 7. The van der Waals surface area contributed by atoms with Crippen LogP contribution in [-0.2, 0) is 14.6 Å². The van der Waals surface area contributed by atoms with Gasteiger partial charge in [0.2, 0.25) is 5.91 Å². The third-order valence-corrected chi connectivity index (χ3v) is 7.71. The second kappa shape index (κ2) is 9.07. The number of hydrogen-bond acceptors (Lipinski definition) is 5. The van der Waals surface area contributed by atoms with E-state index in [1.165, 1.54) is 6.07 Å². The van der Waals surface area contributed by atoms with E-state index in [0.717, 1.165) is 25.9 Å². The molecule has 0 radical (unpaired) electrons. The molecule has 156 valence electrons. The van der Waals surface area contributed by atoms with Crippen molar-refractivity contribution < 1.29 is 17.6 Å². The highest BCUT2D eigenvalue weighted by molar-refractivity contribution is 7.91. The molecule has 1 aromatic carbocycles. The summed E-state index contributed by atoms with van der Waals surface area (Å²) in [6, 6.07) is 4.17. The fourth-order valence-electron chi connectivity index (χ4n) is 4.04. The van der Waals surface area contributed by atoms with Gasteiger partial charge in [0.15, 0.2) is 9.84 Å². The van der Waals surface area contributed by atoms with Gasteiger partial charge in [-0.15, -0.1) is 0 Å². The Morgan fingerprint density at radius 1 is 1.39 bits per heavy atom. The van der Waals surface area contributed by atoms with Crippen molar-refractivity contribution in [2.24, 2.45) is 0 Å². The van der Waals surface area contributed by atoms with Crippen LogP contribution < -0.4 is 5.32 Å². The average molecular weight is 432 g/mol. The van der Waals surface area contributed by atoms with Crippen LogP contribution in [0.3, 0.4) is 0 Å². The predicted molar refractivity (Wildman–Crippen MR) is 108 cm³/mol. The van der Waals surface area contributed by atoms with Crippen LogP contribution in [0.2, 0.25) is 5.02 Å². The number of hydrogen-bond donors (Lipinski definition) is 1. The summed E-state index contributed by atoms with van der Waals surface area (Å²) in [5.41, 5.74) is 0.418. The Bertz CT molecular complexity index is 794. The minimum Gasteiger partial charge on any atom is -0.353 e. The first kappa shape index (κ1) is 21.5. The lowest BCUT2D eigenvalue weighted by Gasteiger charge is -2.30. The zero-order valence-electron chi connectivity index (χ0n) is 16.0. The Labute approximate surface area is 170 Å². The van der Waals surface area contributed by atoms with Crippen molar-refractivity contribution in [2.75, 3.05) is 44.7 Å². The summed E-state index contributed by atoms with van der Waals surface area (Å²) in [6.07, 6.45) is 2.62. The summed E-state index contributed by atoms with van der Waals surface area (Å²) in [5, 5.41) is 3.25. The van der Waals surface area contributed by atoms with Gasteiger partial charge in [-0.1, -0.05) is 17.7 Å². The molecule has 2 aliphatic heterocycles. The van der Waals surface area contributed by atoms with Gasteiger partial charge < -0.3 is 5.32 Å². The minimum absolute atomic E-state index is 0.0953. The Hall–Kier alpha value is -1.22. The normalized spacial score (nSPS) is 23.2. The van der Waals surface area contributed by atoms with E-state index < -0.39 is 9.84 Å². The van der Waals surface area contributed by atoms with Crippen molar-refractivity contribution in [1.29, 1.82) is 0 Å². The maximum absolute atomic E-state index is 14.5. The highest BCUT2D eigenvalue weighted by Crippen LogP contribution is 2.32. The third kappa shape index (κ3) is 5.23. The first-order chi connectivity index (χ1) is 13.3. The van der Waals surface area contributed by atoms with Crippen molar-refractivity contribution in [3.05, 3.63) is 34.6 Å². The van der Waals surface area contributed by atoms with Crippen LogP contribution in [-0.4, -0.2) is 74.9 Å². The SMILES string of the molecule is CN(CC(=O)NC[C@@H](c1c(F)cccc1Cl)N1CCCC1)[C@H]1CCS(=O)(=O)C1. The predicted octanol–water partition coefficient (Wildman–Crippen LogP) is 1.85. The van der Waals surface area contributed by atoms with Crippen molar-refractivity contribution in [3.63, 3.8) is 0 Å². The van der Waals surface area contributed by atoms with Crippen LogP contribution in [0.25, 0.3) is 0 Å². The average Bonchev–Trinajstić information content (AvgIpc) is 3.27. The van der Waals surface area contributed by atoms with Crippen LogP contribution in [0.5, 0.6) is 0 Å². The largest absolute Gasteiger partial charge is 0.353 e. The molecule has 0 spiro atoms. The Kier molecular flexibility index (Phi) is 6.96. The summed E-state index contributed by atoms with van der Waals surface area (Å²) >= 11 is 6.27. The lowest BCUT2D eigenvalue weighted by Crippen LogP contribution is -2.44. The highest BCUT2D eigenvalue weighted by atomic mass is 35.5. The van der Waals surface area contributed by atoms with Crippen molar-refractivity contribution in [2.45, 2.75) is 31.3 Å². The molecular weight excluding hydrogens is 405 g/mol. The van der Waals surface area contributed by atoms with Crippen LogP contribution >= 0.6 is 11.6 Å². The molecule has 2 heterocycles. The Morgan fingerprint density at radius 2 is 2.11 bits per heavy atom. The van der Waals surface area contributed by atoms with E-state index in [1.807, 2.05) is 0 Å². The molecule has 2 fully saturated rings. The number of nitrogens with zero attached hydrogens (tertiary/aromatic N) is 2. The Balaban J connectivity index is 1.63. The van der Waals surface area contributed by atoms with Gasteiger partial charge in [0.1, 0.15) is 5.82 Å². The fourth-order valence-corrected chi connectivity index (χ4v) is 6.14. The topological polar surface area (TPSA) is 69.7 Å². The molecule has 0 saturated carbocycles. The van der Waals surface area contributed by atoms with Crippen LogP contribution in [0.1, 0.15) is 30.9 Å². The molecule has 3 rings (SSSR count). The highest BCUT2D eigenvalue weighted by Gasteiger charge is 2.32. The molecule has 2 saturated heterocycles. The van der Waals surface area contributed by atoms with E-state index >= 15 is 0 Å². The molecule has 0 unspecified atom stereocenters. The first-order valence-electron chi connectivity index (χ1n) is 9.62. The van der Waals surface area contributed by atoms with E-state index in [2.05, 4.69) is 10.2 Å². The molecule has 2 atom stereocenters. The molecule has 1 amide bonds. The van der Waals surface area contributed by atoms with Crippen LogP contribution in [0.4, 0.5) is 4.39 Å². The molecular formula is C19H27ClFN3O3S. The minimum atomic E-state index is -3.00. The summed E-state index contributed by atoms with van der Waals surface area (Å²) in [4.78, 5) is 16.4. The quantitative estimate of drug-likeness (QED) is 0.713. The summed E-state index contributed by atoms with van der Waals surface area (Å²) in [5.74, 6) is -0.305. The molecule has 1 N–H and O–H groups in total. The second-order valence-electron chi connectivity index (χ2n) is 7.67. The number of amides is 1. The molecule has 2 aliphatic rings. The van der Waals surface area contributed by atoms with Gasteiger partial charge in [0.25, 0.3) is 0 Å². The zero-order chi connectivity index (χ0) is 20.3. The van der Waals surface area contributed by atoms with Crippen molar-refractivity contribution in [1.82, 2.24) is 15.1 Å². The van der Waals surface area contributed by atoms with Crippen molar-refractivity contribution >= 4 is 27.3 Å². The van der Waals surface area contributed by atoms with Crippen molar-refractivity contribution in [3.8, 4) is 0 Å². The number of carbonyl (C=O) groups is 1. The third-order valence-electron chi connectivity index (χ3n) is 5.63. The van der Waals surface area contributed by atoms with E-state index in [0.29, 0.717) is 17.0 Å². The lowest BCUT2D eigenvalue weighted by molar-refractivity contribution is -0.122. The second-order valence-corrected chi connectivity index (χ2v) is 10.3. The molecule has 0 aliphatic carbocycles. The van der Waals surface area contributed by atoms with Gasteiger partial charge in [-0.2, -0.15) is 0 Å². The number of halogens is 2. The molecule has 9 heteroatoms. The van der Waals surface area contributed by atoms with Gasteiger partial charge >= 0.3 is 0 Å².